The predicted molar refractivity (Wildman–Crippen MR) is 87.9 cm³/mol. The Kier molecular flexibility index (Phi) is 4.69. The second-order valence-electron chi connectivity index (χ2n) is 5.55. The number of thiophene rings is 1. The van der Waals surface area contributed by atoms with Crippen molar-refractivity contribution in [2.45, 2.75) is 26.1 Å². The van der Waals surface area contributed by atoms with E-state index in [4.69, 9.17) is 0 Å². The van der Waals surface area contributed by atoms with E-state index in [-0.39, 0.29) is 5.56 Å². The number of halogens is 5. The zero-order chi connectivity index (χ0) is 18.2. The van der Waals surface area contributed by atoms with Crippen molar-refractivity contribution in [1.82, 2.24) is 0 Å². The van der Waals surface area contributed by atoms with Crippen molar-refractivity contribution < 1.29 is 26.7 Å². The summed E-state index contributed by atoms with van der Waals surface area (Å²) in [4.78, 5) is 0.569. The Bertz CT molecular complexity index is 890. The Balaban J connectivity index is 2.00. The van der Waals surface area contributed by atoms with Crippen molar-refractivity contribution in [3.05, 3.63) is 53.6 Å². The lowest BCUT2D eigenvalue weighted by Crippen LogP contribution is -2.19. The summed E-state index contributed by atoms with van der Waals surface area (Å²) in [7, 11) is 0. The zero-order valence-corrected chi connectivity index (χ0v) is 13.9. The first kappa shape index (κ1) is 17.7. The van der Waals surface area contributed by atoms with Crippen LogP contribution in [0.4, 0.5) is 22.0 Å². The molecular formula is C18H13F5OS. The molecule has 0 unspecified atom stereocenters. The average molecular weight is 372 g/mol. The van der Waals surface area contributed by atoms with Gasteiger partial charge in [0.15, 0.2) is 11.6 Å². The maximum atomic E-state index is 13.9. The Labute approximate surface area is 144 Å². The third kappa shape index (κ3) is 3.92. The van der Waals surface area contributed by atoms with Gasteiger partial charge in [0.25, 0.3) is 0 Å². The highest BCUT2D eigenvalue weighted by Gasteiger charge is 2.34. The molecule has 0 saturated carbocycles. The van der Waals surface area contributed by atoms with E-state index in [1.54, 1.807) is 6.07 Å². The van der Waals surface area contributed by atoms with Gasteiger partial charge in [0, 0.05) is 9.58 Å². The summed E-state index contributed by atoms with van der Waals surface area (Å²) >= 11 is 1.33. The van der Waals surface area contributed by atoms with Crippen molar-refractivity contribution in [2.75, 3.05) is 0 Å². The van der Waals surface area contributed by atoms with E-state index in [9.17, 15) is 22.0 Å². The number of fused-ring (bicyclic) bond motifs is 1. The second kappa shape index (κ2) is 6.63. The molecular weight excluding hydrogens is 359 g/mol. The molecule has 0 fully saturated rings. The van der Waals surface area contributed by atoms with Gasteiger partial charge in [-0.25, -0.2) is 8.78 Å². The number of hydrogen-bond donors (Lipinski definition) is 0. The molecule has 3 aromatic rings. The summed E-state index contributed by atoms with van der Waals surface area (Å²) in [5, 5.41) is 0.913. The summed E-state index contributed by atoms with van der Waals surface area (Å²) in [6.45, 7) is 2.07. The fraction of sp³-hybridized carbons (Fsp3) is 0.222. The molecule has 0 N–H and O–H groups in total. The maximum absolute atomic E-state index is 13.9. The molecule has 25 heavy (non-hydrogen) atoms. The third-order valence-corrected chi connectivity index (χ3v) is 4.77. The van der Waals surface area contributed by atoms with Gasteiger partial charge in [-0.05, 0) is 47.2 Å². The minimum atomic E-state index is -5.16. The molecule has 0 spiro atoms. The molecule has 0 aliphatic carbocycles. The SMILES string of the molecule is CCCc1ccc2cc(-c3cc(F)c(OC(F)(F)F)c(F)c3)sc2c1. The highest BCUT2D eigenvalue weighted by Crippen LogP contribution is 2.37. The molecule has 0 aliphatic heterocycles. The van der Waals surface area contributed by atoms with Crippen molar-refractivity contribution >= 4 is 21.4 Å². The van der Waals surface area contributed by atoms with Gasteiger partial charge in [0.05, 0.1) is 0 Å². The van der Waals surface area contributed by atoms with Crippen LogP contribution in [0.15, 0.2) is 36.4 Å². The highest BCUT2D eigenvalue weighted by atomic mass is 32.1. The fourth-order valence-corrected chi connectivity index (χ4v) is 3.69. The molecule has 0 amide bonds. The van der Waals surface area contributed by atoms with Gasteiger partial charge in [0.2, 0.25) is 5.75 Å². The smallest absolute Gasteiger partial charge is 0.399 e. The van der Waals surface area contributed by atoms with E-state index in [0.29, 0.717) is 4.88 Å². The Morgan fingerprint density at radius 2 is 1.68 bits per heavy atom. The number of alkyl halides is 3. The quantitative estimate of drug-likeness (QED) is 0.463. The Morgan fingerprint density at radius 3 is 2.28 bits per heavy atom. The molecule has 132 valence electrons. The van der Waals surface area contributed by atoms with Crippen molar-refractivity contribution in [3.8, 4) is 16.2 Å². The molecule has 1 nitrogen and oxygen atoms in total. The predicted octanol–water partition coefficient (Wildman–Crippen LogP) is 6.70. The van der Waals surface area contributed by atoms with Crippen LogP contribution >= 0.6 is 11.3 Å². The van der Waals surface area contributed by atoms with Gasteiger partial charge in [-0.3, -0.25) is 0 Å². The van der Waals surface area contributed by atoms with Crippen LogP contribution in [0.1, 0.15) is 18.9 Å². The van der Waals surface area contributed by atoms with Crippen molar-refractivity contribution in [3.63, 3.8) is 0 Å². The van der Waals surface area contributed by atoms with Crippen molar-refractivity contribution in [2.24, 2.45) is 0 Å². The number of hydrogen-bond acceptors (Lipinski definition) is 2. The first-order valence-electron chi connectivity index (χ1n) is 7.54. The molecule has 1 heterocycles. The normalized spacial score (nSPS) is 11.9. The third-order valence-electron chi connectivity index (χ3n) is 3.62. The molecule has 0 saturated heterocycles. The molecule has 7 heteroatoms. The number of rotatable bonds is 4. The van der Waals surface area contributed by atoms with Crippen LogP contribution in [0.5, 0.6) is 5.75 Å². The van der Waals surface area contributed by atoms with E-state index < -0.39 is 23.7 Å². The lowest BCUT2D eigenvalue weighted by atomic mass is 10.1. The second-order valence-corrected chi connectivity index (χ2v) is 6.63. The van der Waals surface area contributed by atoms with E-state index in [1.165, 1.54) is 11.3 Å². The van der Waals surface area contributed by atoms with Gasteiger partial charge < -0.3 is 4.74 Å². The van der Waals surface area contributed by atoms with Crippen LogP contribution in [0.3, 0.4) is 0 Å². The Hall–Kier alpha value is -2.15. The van der Waals surface area contributed by atoms with Crippen LogP contribution in [0, 0.1) is 11.6 Å². The van der Waals surface area contributed by atoms with E-state index in [0.717, 1.165) is 40.6 Å². The number of aryl methyl sites for hydroxylation is 1. The highest BCUT2D eigenvalue weighted by molar-refractivity contribution is 7.22. The van der Waals surface area contributed by atoms with Crippen LogP contribution in [0.25, 0.3) is 20.5 Å². The monoisotopic (exact) mass is 372 g/mol. The standard InChI is InChI=1S/C18H13F5OS/c1-2-3-10-4-5-11-9-16(25-15(11)6-10)12-7-13(19)17(14(20)8-12)24-18(21,22)23/h4-9H,2-3H2,1H3. The number of ether oxygens (including phenoxy) is 1. The molecule has 0 bridgehead atoms. The van der Waals surface area contributed by atoms with Gasteiger partial charge in [-0.2, -0.15) is 0 Å². The van der Waals surface area contributed by atoms with Gasteiger partial charge in [0.1, 0.15) is 0 Å². The zero-order valence-electron chi connectivity index (χ0n) is 13.1. The topological polar surface area (TPSA) is 9.23 Å². The molecule has 1 aromatic heterocycles. The van der Waals surface area contributed by atoms with E-state index in [2.05, 4.69) is 11.7 Å². The maximum Gasteiger partial charge on any atom is 0.573 e. The average Bonchev–Trinajstić information content (AvgIpc) is 2.93. The lowest BCUT2D eigenvalue weighted by molar-refractivity contribution is -0.276. The fourth-order valence-electron chi connectivity index (χ4n) is 2.58. The lowest BCUT2D eigenvalue weighted by Gasteiger charge is -2.11. The molecule has 0 atom stereocenters. The van der Waals surface area contributed by atoms with Gasteiger partial charge in [-0.1, -0.05) is 25.5 Å². The van der Waals surface area contributed by atoms with Crippen LogP contribution in [0.2, 0.25) is 0 Å². The van der Waals surface area contributed by atoms with E-state index >= 15 is 0 Å². The van der Waals surface area contributed by atoms with Gasteiger partial charge in [-0.15, -0.1) is 24.5 Å². The number of benzene rings is 2. The summed E-state index contributed by atoms with van der Waals surface area (Å²) < 4.78 is 68.8. The van der Waals surface area contributed by atoms with E-state index in [1.807, 2.05) is 18.2 Å². The van der Waals surface area contributed by atoms with Crippen LogP contribution in [-0.4, -0.2) is 6.36 Å². The Morgan fingerprint density at radius 1 is 1.00 bits per heavy atom. The summed E-state index contributed by atoms with van der Waals surface area (Å²) in [6, 6.07) is 9.39. The molecule has 3 rings (SSSR count). The van der Waals surface area contributed by atoms with Crippen LogP contribution < -0.4 is 4.74 Å². The minimum absolute atomic E-state index is 0.169. The summed E-state index contributed by atoms with van der Waals surface area (Å²) in [5.74, 6) is -4.23. The van der Waals surface area contributed by atoms with Crippen LogP contribution in [-0.2, 0) is 6.42 Å². The molecule has 0 aliphatic rings. The first-order valence-corrected chi connectivity index (χ1v) is 8.36. The summed E-state index contributed by atoms with van der Waals surface area (Å²) in [6.07, 6.45) is -3.23. The largest absolute Gasteiger partial charge is 0.573 e. The first-order chi connectivity index (χ1) is 11.8. The van der Waals surface area contributed by atoms with Crippen molar-refractivity contribution in [1.29, 1.82) is 0 Å². The summed E-state index contributed by atoms with van der Waals surface area (Å²) in [5.41, 5.74) is 1.33. The molecule has 2 aromatic carbocycles. The molecule has 0 radical (unpaired) electrons. The van der Waals surface area contributed by atoms with Gasteiger partial charge >= 0.3 is 6.36 Å². The minimum Gasteiger partial charge on any atom is -0.399 e.